The van der Waals surface area contributed by atoms with E-state index in [0.717, 1.165) is 11.3 Å². The number of carbonyl (C=O) groups excluding carboxylic acids is 2. The average Bonchev–Trinajstić information content (AvgIpc) is 3.30. The first kappa shape index (κ1) is 26.9. The van der Waals surface area contributed by atoms with Gasteiger partial charge in [0.2, 0.25) is 5.91 Å². The Kier molecular flexibility index (Phi) is 9.59. The minimum atomic E-state index is -0.270. The van der Waals surface area contributed by atoms with Crippen molar-refractivity contribution in [3.63, 3.8) is 0 Å². The van der Waals surface area contributed by atoms with Crippen molar-refractivity contribution in [1.82, 2.24) is 9.80 Å². The van der Waals surface area contributed by atoms with Crippen LogP contribution in [0.1, 0.15) is 27.4 Å². The SMILES string of the molecule is C=CCN(CC(=O)N(CCc1ccc(OC)c(OC)c1)Cc1ccc(C)o1)C(=O)c1ccc(Cl)cc1. The number of nitrogens with zero attached hydrogens (tertiary/aromatic N) is 2. The number of aryl methyl sites for hydroxylation is 1. The lowest BCUT2D eigenvalue weighted by atomic mass is 10.1. The molecule has 0 spiro atoms. The number of benzene rings is 2. The van der Waals surface area contributed by atoms with Gasteiger partial charge >= 0.3 is 0 Å². The Bertz CT molecular complexity index is 1190. The van der Waals surface area contributed by atoms with Gasteiger partial charge in [0.1, 0.15) is 18.1 Å². The number of hydrogen-bond donors (Lipinski definition) is 0. The third-order valence-electron chi connectivity index (χ3n) is 5.67. The third kappa shape index (κ3) is 7.15. The van der Waals surface area contributed by atoms with E-state index in [1.54, 1.807) is 49.5 Å². The van der Waals surface area contributed by atoms with Crippen LogP contribution in [0, 0.1) is 6.92 Å². The summed E-state index contributed by atoms with van der Waals surface area (Å²) in [5, 5.41) is 0.535. The van der Waals surface area contributed by atoms with Crippen LogP contribution < -0.4 is 9.47 Å². The van der Waals surface area contributed by atoms with Gasteiger partial charge < -0.3 is 23.7 Å². The van der Waals surface area contributed by atoms with Crippen LogP contribution >= 0.6 is 11.6 Å². The number of halogens is 1. The highest BCUT2D eigenvalue weighted by Gasteiger charge is 2.23. The zero-order valence-corrected chi connectivity index (χ0v) is 21.6. The van der Waals surface area contributed by atoms with E-state index in [0.29, 0.717) is 40.8 Å². The minimum absolute atomic E-state index is 0.0981. The van der Waals surface area contributed by atoms with Crippen molar-refractivity contribution in [2.24, 2.45) is 0 Å². The molecule has 0 aliphatic rings. The lowest BCUT2D eigenvalue weighted by Gasteiger charge is -2.27. The van der Waals surface area contributed by atoms with E-state index in [9.17, 15) is 9.59 Å². The second kappa shape index (κ2) is 12.8. The molecule has 8 heteroatoms. The molecular weight excluding hydrogens is 480 g/mol. The lowest BCUT2D eigenvalue weighted by Crippen LogP contribution is -2.43. The van der Waals surface area contributed by atoms with Crippen molar-refractivity contribution >= 4 is 23.4 Å². The van der Waals surface area contributed by atoms with Crippen LogP contribution in [0.15, 0.2) is 71.7 Å². The molecule has 2 aromatic carbocycles. The maximum atomic E-state index is 13.5. The molecule has 0 N–H and O–H groups in total. The molecule has 0 radical (unpaired) electrons. The lowest BCUT2D eigenvalue weighted by molar-refractivity contribution is -0.132. The quantitative estimate of drug-likeness (QED) is 0.315. The normalized spacial score (nSPS) is 10.6. The second-order valence-corrected chi connectivity index (χ2v) is 8.68. The van der Waals surface area contributed by atoms with Gasteiger partial charge in [-0.15, -0.1) is 6.58 Å². The molecule has 0 atom stereocenters. The summed E-state index contributed by atoms with van der Waals surface area (Å²) < 4.78 is 16.4. The molecule has 3 rings (SSSR count). The van der Waals surface area contributed by atoms with Crippen molar-refractivity contribution in [3.8, 4) is 11.5 Å². The van der Waals surface area contributed by atoms with E-state index in [1.807, 2.05) is 37.3 Å². The van der Waals surface area contributed by atoms with Gasteiger partial charge in [0.25, 0.3) is 5.91 Å². The number of furan rings is 1. The molecule has 0 aliphatic heterocycles. The molecular formula is C28H31ClN2O5. The average molecular weight is 511 g/mol. The maximum Gasteiger partial charge on any atom is 0.254 e. The zero-order valence-electron chi connectivity index (χ0n) is 20.8. The molecule has 0 saturated heterocycles. The fourth-order valence-electron chi connectivity index (χ4n) is 3.76. The summed E-state index contributed by atoms with van der Waals surface area (Å²) in [5.41, 5.74) is 1.44. The van der Waals surface area contributed by atoms with Gasteiger partial charge in [0.15, 0.2) is 11.5 Å². The second-order valence-electron chi connectivity index (χ2n) is 8.25. The highest BCUT2D eigenvalue weighted by Crippen LogP contribution is 2.28. The summed E-state index contributed by atoms with van der Waals surface area (Å²) in [5.74, 6) is 2.24. The van der Waals surface area contributed by atoms with E-state index in [-0.39, 0.29) is 31.4 Å². The molecule has 0 saturated carbocycles. The van der Waals surface area contributed by atoms with Crippen LogP contribution in [0.4, 0.5) is 0 Å². The highest BCUT2D eigenvalue weighted by molar-refractivity contribution is 6.30. The largest absolute Gasteiger partial charge is 0.493 e. The summed E-state index contributed by atoms with van der Waals surface area (Å²) in [6.45, 7) is 6.44. The number of amides is 2. The van der Waals surface area contributed by atoms with Crippen LogP contribution in [0.2, 0.25) is 5.02 Å². The molecule has 1 heterocycles. The predicted molar refractivity (Wildman–Crippen MR) is 140 cm³/mol. The van der Waals surface area contributed by atoms with Gasteiger partial charge in [-0.1, -0.05) is 23.7 Å². The van der Waals surface area contributed by atoms with Crippen molar-refractivity contribution < 1.29 is 23.5 Å². The highest BCUT2D eigenvalue weighted by atomic mass is 35.5. The monoisotopic (exact) mass is 510 g/mol. The Morgan fingerprint density at radius 3 is 2.33 bits per heavy atom. The minimum Gasteiger partial charge on any atom is -0.493 e. The van der Waals surface area contributed by atoms with Gasteiger partial charge in [-0.2, -0.15) is 0 Å². The molecule has 7 nitrogen and oxygen atoms in total. The summed E-state index contributed by atoms with van der Waals surface area (Å²) in [7, 11) is 3.17. The van der Waals surface area contributed by atoms with E-state index >= 15 is 0 Å². The number of rotatable bonds is 12. The molecule has 190 valence electrons. The molecule has 1 aromatic heterocycles. The fraction of sp³-hybridized carbons (Fsp3) is 0.286. The Morgan fingerprint density at radius 1 is 1.00 bits per heavy atom. The Balaban J connectivity index is 1.78. The number of ether oxygens (including phenoxy) is 2. The smallest absolute Gasteiger partial charge is 0.254 e. The van der Waals surface area contributed by atoms with Crippen molar-refractivity contribution in [2.75, 3.05) is 33.9 Å². The predicted octanol–water partition coefficient (Wildman–Crippen LogP) is 5.16. The molecule has 2 amide bonds. The maximum absolute atomic E-state index is 13.5. The molecule has 36 heavy (non-hydrogen) atoms. The van der Waals surface area contributed by atoms with Crippen molar-refractivity contribution in [1.29, 1.82) is 0 Å². The van der Waals surface area contributed by atoms with Gasteiger partial charge in [-0.05, 0) is 67.4 Å². The summed E-state index contributed by atoms with van der Waals surface area (Å²) in [6, 6.07) is 16.0. The first-order valence-corrected chi connectivity index (χ1v) is 11.9. The van der Waals surface area contributed by atoms with Gasteiger partial charge in [-0.3, -0.25) is 9.59 Å². The first-order chi connectivity index (χ1) is 17.3. The third-order valence-corrected chi connectivity index (χ3v) is 5.92. The Morgan fingerprint density at radius 2 is 1.72 bits per heavy atom. The number of methoxy groups -OCH3 is 2. The molecule has 0 fully saturated rings. The first-order valence-electron chi connectivity index (χ1n) is 11.5. The standard InChI is InChI=1S/C28H31ClN2O5/c1-5-15-31(28(33)22-8-10-23(29)11-9-22)19-27(32)30(18-24-12-6-20(2)36-24)16-14-21-7-13-25(34-3)26(17-21)35-4/h5-13,17H,1,14-16,18-19H2,2-4H3. The molecule has 0 aliphatic carbocycles. The molecule has 0 bridgehead atoms. The number of carbonyl (C=O) groups is 2. The van der Waals surface area contributed by atoms with Gasteiger partial charge in [0.05, 0.1) is 20.8 Å². The van der Waals surface area contributed by atoms with Gasteiger partial charge in [0, 0.05) is 23.7 Å². The van der Waals surface area contributed by atoms with Crippen molar-refractivity contribution in [3.05, 3.63) is 94.9 Å². The summed E-state index contributed by atoms with van der Waals surface area (Å²) in [6.07, 6.45) is 2.18. The van der Waals surface area contributed by atoms with E-state index in [1.165, 1.54) is 4.90 Å². The van der Waals surface area contributed by atoms with E-state index in [2.05, 4.69) is 6.58 Å². The van der Waals surface area contributed by atoms with Crippen LogP contribution in [0.25, 0.3) is 0 Å². The van der Waals surface area contributed by atoms with Crippen LogP contribution in [-0.4, -0.2) is 55.5 Å². The topological polar surface area (TPSA) is 72.2 Å². The zero-order chi connectivity index (χ0) is 26.1. The molecule has 0 unspecified atom stereocenters. The van der Waals surface area contributed by atoms with Gasteiger partial charge in [-0.25, -0.2) is 0 Å². The van der Waals surface area contributed by atoms with Crippen LogP contribution in [-0.2, 0) is 17.8 Å². The summed E-state index contributed by atoms with van der Waals surface area (Å²) >= 11 is 5.96. The van der Waals surface area contributed by atoms with E-state index < -0.39 is 0 Å². The van der Waals surface area contributed by atoms with Crippen LogP contribution in [0.3, 0.4) is 0 Å². The summed E-state index contributed by atoms with van der Waals surface area (Å²) in [4.78, 5) is 29.7. The van der Waals surface area contributed by atoms with Crippen molar-refractivity contribution in [2.45, 2.75) is 19.9 Å². The Hall–Kier alpha value is -3.71. The Labute approximate surface area is 216 Å². The van der Waals surface area contributed by atoms with Crippen LogP contribution in [0.5, 0.6) is 11.5 Å². The molecule has 3 aromatic rings. The van der Waals surface area contributed by atoms with E-state index in [4.69, 9.17) is 25.5 Å². The fourth-order valence-corrected chi connectivity index (χ4v) is 3.89. The number of hydrogen-bond acceptors (Lipinski definition) is 5.